The first-order chi connectivity index (χ1) is 15.0. The Morgan fingerprint density at radius 2 is 1.55 bits per heavy atom. The monoisotopic (exact) mass is 440 g/mol. The van der Waals surface area contributed by atoms with Crippen molar-refractivity contribution < 1.29 is 22.7 Å². The second-order valence-electron chi connectivity index (χ2n) is 6.54. The number of hydrogen-bond acceptors (Lipinski definition) is 5. The molecule has 0 bridgehead atoms. The lowest BCUT2D eigenvalue weighted by molar-refractivity contribution is -0.119. The molecule has 0 saturated carbocycles. The summed E-state index contributed by atoms with van der Waals surface area (Å²) < 4.78 is 38.4. The number of para-hydroxylation sites is 1. The van der Waals surface area contributed by atoms with Gasteiger partial charge in [-0.1, -0.05) is 42.5 Å². The van der Waals surface area contributed by atoms with Crippen LogP contribution in [0.2, 0.25) is 0 Å². The fourth-order valence-corrected chi connectivity index (χ4v) is 4.30. The zero-order chi connectivity index (χ0) is 22.1. The van der Waals surface area contributed by atoms with Gasteiger partial charge in [0, 0.05) is 6.07 Å². The van der Waals surface area contributed by atoms with Crippen LogP contribution in [0, 0.1) is 0 Å². The fraction of sp³-hybridized carbons (Fsp3) is 0.174. The molecule has 0 spiro atoms. The minimum Gasteiger partial charge on any atom is -0.497 e. The topological polar surface area (TPSA) is 84.9 Å². The first kappa shape index (κ1) is 22.2. The first-order valence-electron chi connectivity index (χ1n) is 9.67. The standard InChI is InChI=1S/C23H24N2O5S/c1-29-21-12-8-9-19(17-21)25(31(27,28)22-13-6-3-7-14-22)18-23(26)24-15-16-30-20-10-4-2-5-11-20/h2-14,17H,15-16,18H2,1H3,(H,24,26). The van der Waals surface area contributed by atoms with E-state index in [0.717, 1.165) is 4.31 Å². The third-order valence-corrected chi connectivity index (χ3v) is 6.18. The highest BCUT2D eigenvalue weighted by Crippen LogP contribution is 2.26. The Hall–Kier alpha value is -3.52. The third kappa shape index (κ3) is 5.99. The largest absolute Gasteiger partial charge is 0.497 e. The molecule has 1 amide bonds. The molecular formula is C23H24N2O5S. The Morgan fingerprint density at radius 1 is 0.903 bits per heavy atom. The van der Waals surface area contributed by atoms with Crippen molar-refractivity contribution in [1.29, 1.82) is 0 Å². The quantitative estimate of drug-likeness (QED) is 0.490. The number of carbonyl (C=O) groups excluding carboxylic acids is 1. The minimum atomic E-state index is -3.96. The van der Waals surface area contributed by atoms with E-state index in [1.54, 1.807) is 42.5 Å². The van der Waals surface area contributed by atoms with E-state index in [9.17, 15) is 13.2 Å². The van der Waals surface area contributed by atoms with E-state index >= 15 is 0 Å². The van der Waals surface area contributed by atoms with Crippen molar-refractivity contribution >= 4 is 21.6 Å². The molecule has 0 saturated heterocycles. The number of sulfonamides is 1. The van der Waals surface area contributed by atoms with Crippen molar-refractivity contribution in [3.8, 4) is 11.5 Å². The maximum Gasteiger partial charge on any atom is 0.264 e. The van der Waals surface area contributed by atoms with E-state index in [1.165, 1.54) is 19.2 Å². The van der Waals surface area contributed by atoms with E-state index < -0.39 is 15.9 Å². The molecule has 0 heterocycles. The average molecular weight is 441 g/mol. The van der Waals surface area contributed by atoms with E-state index in [0.29, 0.717) is 17.2 Å². The number of nitrogens with one attached hydrogen (secondary N) is 1. The van der Waals surface area contributed by atoms with Gasteiger partial charge in [-0.25, -0.2) is 8.42 Å². The number of carbonyl (C=O) groups is 1. The van der Waals surface area contributed by atoms with Gasteiger partial charge >= 0.3 is 0 Å². The van der Waals surface area contributed by atoms with Crippen molar-refractivity contribution in [1.82, 2.24) is 5.32 Å². The highest BCUT2D eigenvalue weighted by molar-refractivity contribution is 7.92. The lowest BCUT2D eigenvalue weighted by atomic mass is 10.3. The summed E-state index contributed by atoms with van der Waals surface area (Å²) in [5.41, 5.74) is 0.332. The number of nitrogens with zero attached hydrogens (tertiary/aromatic N) is 1. The van der Waals surface area contributed by atoms with Crippen LogP contribution in [-0.4, -0.2) is 41.1 Å². The van der Waals surface area contributed by atoms with Crippen LogP contribution in [-0.2, 0) is 14.8 Å². The Labute approximate surface area is 182 Å². The smallest absolute Gasteiger partial charge is 0.264 e. The van der Waals surface area contributed by atoms with E-state index in [4.69, 9.17) is 9.47 Å². The number of amides is 1. The predicted molar refractivity (Wildman–Crippen MR) is 119 cm³/mol. The van der Waals surface area contributed by atoms with Gasteiger partial charge in [0.1, 0.15) is 24.7 Å². The minimum absolute atomic E-state index is 0.0954. The lowest BCUT2D eigenvalue weighted by Gasteiger charge is -2.24. The van der Waals surface area contributed by atoms with Crippen LogP contribution in [0.4, 0.5) is 5.69 Å². The predicted octanol–water partition coefficient (Wildman–Crippen LogP) is 3.09. The fourth-order valence-electron chi connectivity index (χ4n) is 2.86. The third-order valence-electron chi connectivity index (χ3n) is 4.40. The van der Waals surface area contributed by atoms with E-state index in [1.807, 2.05) is 30.3 Å². The molecule has 0 fully saturated rings. The van der Waals surface area contributed by atoms with Crippen LogP contribution in [0.25, 0.3) is 0 Å². The summed E-state index contributed by atoms with van der Waals surface area (Å²) in [7, 11) is -2.47. The van der Waals surface area contributed by atoms with Gasteiger partial charge in [0.2, 0.25) is 5.91 Å². The average Bonchev–Trinajstić information content (AvgIpc) is 2.81. The van der Waals surface area contributed by atoms with Crippen molar-refractivity contribution in [2.75, 3.05) is 31.1 Å². The van der Waals surface area contributed by atoms with E-state index in [-0.39, 0.29) is 24.6 Å². The Balaban J connectivity index is 1.72. The SMILES string of the molecule is COc1cccc(N(CC(=O)NCCOc2ccccc2)S(=O)(=O)c2ccccc2)c1. The lowest BCUT2D eigenvalue weighted by Crippen LogP contribution is -2.41. The first-order valence-corrected chi connectivity index (χ1v) is 11.1. The van der Waals surface area contributed by atoms with Crippen LogP contribution in [0.1, 0.15) is 0 Å². The summed E-state index contributed by atoms with van der Waals surface area (Å²) in [6.45, 7) is 0.126. The van der Waals surface area contributed by atoms with Crippen molar-refractivity contribution in [3.05, 3.63) is 84.9 Å². The molecular weight excluding hydrogens is 416 g/mol. The van der Waals surface area contributed by atoms with Gasteiger partial charge in [-0.2, -0.15) is 0 Å². The summed E-state index contributed by atoms with van der Waals surface area (Å²) in [4.78, 5) is 12.7. The zero-order valence-corrected chi connectivity index (χ0v) is 17.9. The molecule has 3 aromatic rings. The normalized spacial score (nSPS) is 10.9. The molecule has 3 rings (SSSR count). The molecule has 0 unspecified atom stereocenters. The molecule has 1 N–H and O–H groups in total. The molecule has 0 aliphatic heterocycles. The van der Waals surface area contributed by atoms with Gasteiger partial charge in [-0.15, -0.1) is 0 Å². The Morgan fingerprint density at radius 3 is 2.23 bits per heavy atom. The summed E-state index contributed by atoms with van der Waals surface area (Å²) in [5, 5.41) is 2.70. The molecule has 8 heteroatoms. The molecule has 162 valence electrons. The number of anilines is 1. The maximum absolute atomic E-state index is 13.3. The Bertz CT molecular complexity index is 1090. The van der Waals surface area contributed by atoms with Crippen LogP contribution in [0.15, 0.2) is 89.8 Å². The molecule has 0 aliphatic rings. The molecule has 0 aliphatic carbocycles. The van der Waals surface area contributed by atoms with Gasteiger partial charge < -0.3 is 14.8 Å². The van der Waals surface area contributed by atoms with Crippen molar-refractivity contribution in [3.63, 3.8) is 0 Å². The number of benzene rings is 3. The van der Waals surface area contributed by atoms with Gasteiger partial charge in [0.25, 0.3) is 10.0 Å². The van der Waals surface area contributed by atoms with Gasteiger partial charge in [0.05, 0.1) is 24.2 Å². The summed E-state index contributed by atoms with van der Waals surface area (Å²) >= 11 is 0. The molecule has 0 atom stereocenters. The second kappa shape index (κ2) is 10.5. The highest BCUT2D eigenvalue weighted by Gasteiger charge is 2.27. The zero-order valence-electron chi connectivity index (χ0n) is 17.1. The van der Waals surface area contributed by atoms with Gasteiger partial charge in [-0.05, 0) is 36.4 Å². The van der Waals surface area contributed by atoms with Crippen molar-refractivity contribution in [2.24, 2.45) is 0 Å². The number of hydrogen-bond donors (Lipinski definition) is 1. The number of methoxy groups -OCH3 is 1. The van der Waals surface area contributed by atoms with Crippen molar-refractivity contribution in [2.45, 2.75) is 4.90 Å². The Kier molecular flexibility index (Phi) is 7.50. The number of ether oxygens (including phenoxy) is 2. The highest BCUT2D eigenvalue weighted by atomic mass is 32.2. The molecule has 3 aromatic carbocycles. The van der Waals surface area contributed by atoms with Crippen LogP contribution >= 0.6 is 0 Å². The number of rotatable bonds is 10. The van der Waals surface area contributed by atoms with Gasteiger partial charge in [-0.3, -0.25) is 9.10 Å². The maximum atomic E-state index is 13.3. The van der Waals surface area contributed by atoms with Gasteiger partial charge in [0.15, 0.2) is 0 Å². The van der Waals surface area contributed by atoms with Crippen LogP contribution < -0.4 is 19.1 Å². The molecule has 0 radical (unpaired) electrons. The summed E-state index contributed by atoms with van der Waals surface area (Å²) in [5.74, 6) is 0.739. The van der Waals surface area contributed by atoms with E-state index in [2.05, 4.69) is 5.32 Å². The molecule has 7 nitrogen and oxygen atoms in total. The van der Waals surface area contributed by atoms with Crippen LogP contribution in [0.3, 0.4) is 0 Å². The summed E-state index contributed by atoms with van der Waals surface area (Å²) in [6, 6.07) is 23.8. The molecule has 31 heavy (non-hydrogen) atoms. The summed E-state index contributed by atoms with van der Waals surface area (Å²) in [6.07, 6.45) is 0. The molecule has 0 aromatic heterocycles. The van der Waals surface area contributed by atoms with Crippen LogP contribution in [0.5, 0.6) is 11.5 Å². The second-order valence-corrected chi connectivity index (χ2v) is 8.40.